The molecule has 1 aliphatic carbocycles. The van der Waals surface area contributed by atoms with Crippen LogP contribution in [0.5, 0.6) is 0 Å². The van der Waals surface area contributed by atoms with Crippen LogP contribution in [0.2, 0.25) is 0 Å². The van der Waals surface area contributed by atoms with Gasteiger partial charge in [0.1, 0.15) is 0 Å². The minimum atomic E-state index is -1.26. The van der Waals surface area contributed by atoms with E-state index in [9.17, 15) is 14.4 Å². The van der Waals surface area contributed by atoms with Gasteiger partial charge in [0, 0.05) is 37.1 Å². The normalized spacial score (nSPS) is 15.7. The fourth-order valence-electron chi connectivity index (χ4n) is 1.73. The van der Waals surface area contributed by atoms with Crippen molar-refractivity contribution in [3.8, 4) is 0 Å². The van der Waals surface area contributed by atoms with E-state index in [0.717, 1.165) is 31.6 Å². The van der Waals surface area contributed by atoms with Crippen molar-refractivity contribution in [2.75, 3.05) is 27.7 Å². The van der Waals surface area contributed by atoms with Crippen LogP contribution in [-0.4, -0.2) is 60.6 Å². The zero-order valence-corrected chi connectivity index (χ0v) is 16.5. The quantitative estimate of drug-likeness (QED) is 0.369. The molecule has 0 radical (unpaired) electrons. The maximum absolute atomic E-state index is 11.5. The number of hydrogen-bond acceptors (Lipinski definition) is 5. The van der Waals surface area contributed by atoms with Crippen LogP contribution in [0.25, 0.3) is 0 Å². The number of carbonyl (C=O) groups is 3. The third-order valence-corrected chi connectivity index (χ3v) is 3.01. The monoisotopic (exact) mass is 363 g/mol. The van der Waals surface area contributed by atoms with E-state index in [1.54, 1.807) is 13.2 Å². The van der Waals surface area contributed by atoms with Gasteiger partial charge in [-0.15, -0.1) is 0 Å². The Balaban J connectivity index is -0.000000351. The van der Waals surface area contributed by atoms with Crippen molar-refractivity contribution in [1.82, 2.24) is 4.90 Å². The first-order chi connectivity index (χ1) is 11.7. The van der Waals surface area contributed by atoms with Crippen molar-refractivity contribution < 1.29 is 48.2 Å². The topological polar surface area (TPSA) is 104 Å². The third kappa shape index (κ3) is 18.8. The minimum absolute atomic E-state index is 0. The summed E-state index contributed by atoms with van der Waals surface area (Å²) in [4.78, 5) is 32.7. The van der Waals surface area contributed by atoms with E-state index in [0.29, 0.717) is 12.2 Å². The standard InChI is InChI=1S/C10H17NO2.C4H4O4.C4H9.Li/c1-11(2)7-8-4-5-9(13-3)6-10(8)12;5-3(6)1-2-4(7)8;1-3-4-2;/h6,8H,4-5,7H2,1-3H3;1-2H,(H,5,6)(H,7,8);1,3-4H2,2H3;/q;;-1;+1. The second-order valence-electron chi connectivity index (χ2n) is 5.58. The molecule has 0 bridgehead atoms. The van der Waals surface area contributed by atoms with Crippen LogP contribution < -0.4 is 18.9 Å². The van der Waals surface area contributed by atoms with Crippen LogP contribution in [-0.2, 0) is 19.1 Å². The molecular formula is C18H30LiNO6. The van der Waals surface area contributed by atoms with E-state index in [1.165, 1.54) is 6.42 Å². The van der Waals surface area contributed by atoms with Gasteiger partial charge in [0.15, 0.2) is 5.78 Å². The number of carboxylic acid groups (broad SMARTS) is 2. The zero-order valence-electron chi connectivity index (χ0n) is 16.5. The van der Waals surface area contributed by atoms with E-state index in [1.807, 2.05) is 19.0 Å². The van der Waals surface area contributed by atoms with Gasteiger partial charge < -0.3 is 26.8 Å². The summed E-state index contributed by atoms with van der Waals surface area (Å²) >= 11 is 0. The Morgan fingerprint density at radius 3 is 2.04 bits per heavy atom. The summed E-state index contributed by atoms with van der Waals surface area (Å²) in [5.41, 5.74) is 0. The number of rotatable bonds is 6. The van der Waals surface area contributed by atoms with Crippen molar-refractivity contribution in [2.45, 2.75) is 32.6 Å². The number of unbranched alkanes of at least 4 members (excludes halogenated alkanes) is 1. The summed E-state index contributed by atoms with van der Waals surface area (Å²) in [6.45, 7) is 6.56. The number of ether oxygens (including phenoxy) is 1. The average molecular weight is 363 g/mol. The van der Waals surface area contributed by atoms with E-state index in [2.05, 4.69) is 13.8 Å². The minimum Gasteiger partial charge on any atom is -0.501 e. The number of nitrogens with zero attached hydrogens (tertiary/aromatic N) is 1. The number of allylic oxidation sites excluding steroid dienone is 2. The van der Waals surface area contributed by atoms with Gasteiger partial charge in [-0.05, 0) is 20.5 Å². The molecule has 2 N–H and O–H groups in total. The van der Waals surface area contributed by atoms with Crippen molar-refractivity contribution in [1.29, 1.82) is 0 Å². The molecule has 144 valence electrons. The van der Waals surface area contributed by atoms with Gasteiger partial charge in [0.2, 0.25) is 0 Å². The molecule has 7 nitrogen and oxygen atoms in total. The summed E-state index contributed by atoms with van der Waals surface area (Å²) in [6, 6.07) is 0. The predicted molar refractivity (Wildman–Crippen MR) is 96.1 cm³/mol. The number of carbonyl (C=O) groups excluding carboxylic acids is 1. The molecule has 0 heterocycles. The average Bonchev–Trinajstić information content (AvgIpc) is 2.55. The molecule has 1 atom stereocenters. The van der Waals surface area contributed by atoms with E-state index in [-0.39, 0.29) is 30.6 Å². The van der Waals surface area contributed by atoms with Gasteiger partial charge in [0.05, 0.1) is 12.9 Å². The van der Waals surface area contributed by atoms with Crippen LogP contribution >= 0.6 is 0 Å². The number of hydrogen-bond donors (Lipinski definition) is 2. The molecule has 1 rings (SSSR count). The largest absolute Gasteiger partial charge is 1.00 e. The fraction of sp³-hybridized carbons (Fsp3) is 0.556. The maximum Gasteiger partial charge on any atom is 1.00 e. The van der Waals surface area contributed by atoms with Crippen molar-refractivity contribution >= 4 is 17.7 Å². The number of methoxy groups -OCH3 is 1. The summed E-state index contributed by atoms with van der Waals surface area (Å²) in [5, 5.41) is 15.6. The first kappa shape index (κ1) is 29.2. The Kier molecular flexibility index (Phi) is 20.5. The molecule has 0 aromatic rings. The Morgan fingerprint density at radius 1 is 1.31 bits per heavy atom. The molecule has 0 aliphatic heterocycles. The zero-order chi connectivity index (χ0) is 19.8. The molecule has 0 amide bonds. The fourth-order valence-corrected chi connectivity index (χ4v) is 1.73. The van der Waals surface area contributed by atoms with Crippen molar-refractivity contribution in [3.05, 3.63) is 30.9 Å². The molecule has 0 spiro atoms. The predicted octanol–water partition coefficient (Wildman–Crippen LogP) is -0.606. The van der Waals surface area contributed by atoms with Crippen LogP contribution in [0.4, 0.5) is 0 Å². The number of carboxylic acids is 2. The van der Waals surface area contributed by atoms with E-state index in [4.69, 9.17) is 14.9 Å². The Hall–Kier alpha value is -1.55. The van der Waals surface area contributed by atoms with Crippen molar-refractivity contribution in [3.63, 3.8) is 0 Å². The van der Waals surface area contributed by atoms with E-state index >= 15 is 0 Å². The SMILES string of the molecule is COC1=CC(=O)C(CN(C)C)CC1.O=C(O)C=CC(=O)O.[CH2-]CCC.[Li+]. The maximum atomic E-state index is 11.5. The Labute approximate surface area is 168 Å². The second kappa shape index (κ2) is 18.2. The summed E-state index contributed by atoms with van der Waals surface area (Å²) in [5.74, 6) is -1.33. The van der Waals surface area contributed by atoms with Crippen molar-refractivity contribution in [2.24, 2.45) is 5.92 Å². The Bertz CT molecular complexity index is 456. The second-order valence-corrected chi connectivity index (χ2v) is 5.58. The molecule has 1 unspecified atom stereocenters. The van der Waals surface area contributed by atoms with Crippen LogP contribution in [0.1, 0.15) is 32.6 Å². The molecule has 26 heavy (non-hydrogen) atoms. The van der Waals surface area contributed by atoms with E-state index < -0.39 is 11.9 Å². The van der Waals surface area contributed by atoms with Gasteiger partial charge in [-0.25, -0.2) is 9.59 Å². The first-order valence-electron chi connectivity index (χ1n) is 8.04. The Morgan fingerprint density at radius 2 is 1.77 bits per heavy atom. The molecule has 8 heteroatoms. The molecule has 1 aliphatic rings. The van der Waals surface area contributed by atoms with Crippen LogP contribution in [0.3, 0.4) is 0 Å². The van der Waals surface area contributed by atoms with Gasteiger partial charge in [-0.2, -0.15) is 6.42 Å². The van der Waals surface area contributed by atoms with Crippen LogP contribution in [0, 0.1) is 12.8 Å². The summed E-state index contributed by atoms with van der Waals surface area (Å²) in [6.07, 6.45) is 6.83. The number of ketones is 1. The van der Waals surface area contributed by atoms with Crippen LogP contribution in [0.15, 0.2) is 24.0 Å². The summed E-state index contributed by atoms with van der Waals surface area (Å²) < 4.78 is 5.04. The molecular weight excluding hydrogens is 333 g/mol. The molecule has 0 saturated carbocycles. The van der Waals surface area contributed by atoms with Gasteiger partial charge in [-0.3, -0.25) is 4.79 Å². The molecule has 0 saturated heterocycles. The van der Waals surface area contributed by atoms with Gasteiger partial charge in [0.25, 0.3) is 0 Å². The first-order valence-corrected chi connectivity index (χ1v) is 8.04. The smallest absolute Gasteiger partial charge is 0.501 e. The molecule has 0 aromatic carbocycles. The summed E-state index contributed by atoms with van der Waals surface area (Å²) in [7, 11) is 5.59. The third-order valence-electron chi connectivity index (χ3n) is 3.01. The molecule has 0 aromatic heterocycles. The molecule has 0 fully saturated rings. The number of aliphatic carboxylic acids is 2. The van der Waals surface area contributed by atoms with Gasteiger partial charge in [-0.1, -0.05) is 13.3 Å². The van der Waals surface area contributed by atoms with Gasteiger partial charge >= 0.3 is 30.8 Å².